The molecule has 0 aliphatic rings. The fraction of sp³-hybridized carbons (Fsp3) is 0.300. The van der Waals surface area contributed by atoms with Crippen molar-refractivity contribution in [1.82, 2.24) is 0 Å². The summed E-state index contributed by atoms with van der Waals surface area (Å²) in [6, 6.07) is 4.54. The van der Waals surface area contributed by atoms with Gasteiger partial charge in [0.2, 0.25) is 5.91 Å². The number of nitrogens with two attached hydrogens (primary N) is 1. The number of carbonyl (C=O) groups excluding carboxylic acids is 1. The molecule has 0 saturated carbocycles. The Kier molecular flexibility index (Phi) is 4.54. The molecule has 16 heavy (non-hydrogen) atoms. The molecule has 0 heterocycles. The van der Waals surface area contributed by atoms with Crippen LogP contribution in [-0.4, -0.2) is 35.4 Å². The van der Waals surface area contributed by atoms with Crippen molar-refractivity contribution in [2.75, 3.05) is 18.5 Å². The second-order valence-corrected chi connectivity index (χ2v) is 3.68. The van der Waals surface area contributed by atoms with E-state index in [2.05, 4.69) is 5.32 Å². The Morgan fingerprint density at radius 3 is 2.81 bits per heavy atom. The number of amides is 1. The predicted molar refractivity (Wildman–Crippen MR) is 61.6 cm³/mol. The van der Waals surface area contributed by atoms with Gasteiger partial charge in [0.25, 0.3) is 0 Å². The van der Waals surface area contributed by atoms with Gasteiger partial charge in [-0.2, -0.15) is 0 Å². The first-order valence-corrected chi connectivity index (χ1v) is 5.04. The highest BCUT2D eigenvalue weighted by Crippen LogP contribution is 2.22. The molecule has 1 aromatic carbocycles. The molecule has 0 aliphatic heterocycles. The lowest BCUT2D eigenvalue weighted by atomic mass is 10.2. The standard InChI is InChI=1S/C10H13ClN2O3/c11-8-2-1-6(10(12)16)3-9(8)13-4-7(15)5-14/h1-3,7,13-15H,4-5H2,(H2,12,16). The zero-order valence-corrected chi connectivity index (χ0v) is 9.24. The molecule has 5 nitrogen and oxygen atoms in total. The number of anilines is 1. The van der Waals surface area contributed by atoms with Crippen LogP contribution >= 0.6 is 11.6 Å². The molecule has 1 atom stereocenters. The van der Waals surface area contributed by atoms with Crippen molar-refractivity contribution >= 4 is 23.2 Å². The van der Waals surface area contributed by atoms with E-state index in [0.29, 0.717) is 16.3 Å². The van der Waals surface area contributed by atoms with E-state index in [0.717, 1.165) is 0 Å². The molecule has 5 N–H and O–H groups in total. The van der Waals surface area contributed by atoms with Gasteiger partial charge < -0.3 is 21.3 Å². The maximum Gasteiger partial charge on any atom is 0.248 e. The highest BCUT2D eigenvalue weighted by atomic mass is 35.5. The van der Waals surface area contributed by atoms with Crippen LogP contribution in [0.25, 0.3) is 0 Å². The Morgan fingerprint density at radius 2 is 2.25 bits per heavy atom. The van der Waals surface area contributed by atoms with Crippen molar-refractivity contribution in [3.8, 4) is 0 Å². The van der Waals surface area contributed by atoms with Gasteiger partial charge in [0.05, 0.1) is 23.4 Å². The summed E-state index contributed by atoms with van der Waals surface area (Å²) in [6.45, 7) is -0.210. The van der Waals surface area contributed by atoms with Crippen molar-refractivity contribution in [2.45, 2.75) is 6.10 Å². The van der Waals surface area contributed by atoms with Gasteiger partial charge in [-0.3, -0.25) is 4.79 Å². The van der Waals surface area contributed by atoms with Gasteiger partial charge in [-0.1, -0.05) is 11.6 Å². The van der Waals surface area contributed by atoms with Crippen LogP contribution in [0.3, 0.4) is 0 Å². The Labute approximate surface area is 97.8 Å². The molecular formula is C10H13ClN2O3. The van der Waals surface area contributed by atoms with Gasteiger partial charge in [-0.25, -0.2) is 0 Å². The number of halogens is 1. The minimum atomic E-state index is -0.881. The highest BCUT2D eigenvalue weighted by Gasteiger charge is 2.07. The summed E-state index contributed by atoms with van der Waals surface area (Å²) in [6.07, 6.45) is -0.881. The number of hydrogen-bond donors (Lipinski definition) is 4. The van der Waals surface area contributed by atoms with Crippen LogP contribution in [-0.2, 0) is 0 Å². The quantitative estimate of drug-likeness (QED) is 0.595. The number of nitrogens with one attached hydrogen (secondary N) is 1. The SMILES string of the molecule is NC(=O)c1ccc(Cl)c(NCC(O)CO)c1. The van der Waals surface area contributed by atoms with E-state index in [9.17, 15) is 4.79 Å². The monoisotopic (exact) mass is 244 g/mol. The molecule has 6 heteroatoms. The Morgan fingerprint density at radius 1 is 1.56 bits per heavy atom. The van der Waals surface area contributed by atoms with Crippen LogP contribution < -0.4 is 11.1 Å². The average Bonchev–Trinajstić information content (AvgIpc) is 2.27. The minimum Gasteiger partial charge on any atom is -0.394 e. The van der Waals surface area contributed by atoms with Crippen molar-refractivity contribution < 1.29 is 15.0 Å². The lowest BCUT2D eigenvalue weighted by Crippen LogP contribution is -2.23. The number of aliphatic hydroxyl groups is 2. The normalized spacial score (nSPS) is 12.2. The first kappa shape index (κ1) is 12.8. The third-order valence-corrected chi connectivity index (χ3v) is 2.32. The van der Waals surface area contributed by atoms with E-state index in [-0.39, 0.29) is 13.2 Å². The van der Waals surface area contributed by atoms with Crippen molar-refractivity contribution in [3.63, 3.8) is 0 Å². The molecule has 0 fully saturated rings. The molecule has 0 bridgehead atoms. The number of hydrogen-bond acceptors (Lipinski definition) is 4. The van der Waals surface area contributed by atoms with Crippen LogP contribution in [0.5, 0.6) is 0 Å². The second-order valence-electron chi connectivity index (χ2n) is 3.28. The van der Waals surface area contributed by atoms with Crippen LogP contribution in [0.2, 0.25) is 5.02 Å². The van der Waals surface area contributed by atoms with Gasteiger partial charge in [-0.05, 0) is 18.2 Å². The van der Waals surface area contributed by atoms with Gasteiger partial charge in [0.15, 0.2) is 0 Å². The smallest absolute Gasteiger partial charge is 0.248 e. The maximum absolute atomic E-state index is 10.9. The Bertz CT molecular complexity index is 384. The van der Waals surface area contributed by atoms with Gasteiger partial charge in [-0.15, -0.1) is 0 Å². The molecule has 1 aromatic rings. The molecular weight excluding hydrogens is 232 g/mol. The molecule has 0 spiro atoms. The van der Waals surface area contributed by atoms with E-state index in [4.69, 9.17) is 27.5 Å². The van der Waals surface area contributed by atoms with E-state index in [1.165, 1.54) is 18.2 Å². The van der Waals surface area contributed by atoms with E-state index in [1.54, 1.807) is 0 Å². The largest absolute Gasteiger partial charge is 0.394 e. The van der Waals surface area contributed by atoms with Crippen LogP contribution in [0.1, 0.15) is 10.4 Å². The zero-order chi connectivity index (χ0) is 12.1. The fourth-order valence-corrected chi connectivity index (χ4v) is 1.29. The highest BCUT2D eigenvalue weighted by molar-refractivity contribution is 6.33. The molecule has 1 rings (SSSR count). The van der Waals surface area contributed by atoms with Crippen molar-refractivity contribution in [2.24, 2.45) is 5.73 Å². The molecule has 1 amide bonds. The number of rotatable bonds is 5. The van der Waals surface area contributed by atoms with Gasteiger partial charge in [0.1, 0.15) is 0 Å². The number of benzene rings is 1. The average molecular weight is 245 g/mol. The number of aliphatic hydroxyl groups excluding tert-OH is 2. The van der Waals surface area contributed by atoms with Crippen LogP contribution in [0.4, 0.5) is 5.69 Å². The number of carbonyl (C=O) groups is 1. The third-order valence-electron chi connectivity index (χ3n) is 1.99. The topological polar surface area (TPSA) is 95.6 Å². The van der Waals surface area contributed by atoms with Crippen LogP contribution in [0.15, 0.2) is 18.2 Å². The second kappa shape index (κ2) is 5.69. The summed E-state index contributed by atoms with van der Waals surface area (Å²) in [5.74, 6) is -0.553. The maximum atomic E-state index is 10.9. The Hall–Kier alpha value is -1.30. The summed E-state index contributed by atoms with van der Waals surface area (Å²) in [4.78, 5) is 10.9. The fourth-order valence-electron chi connectivity index (χ4n) is 1.11. The van der Waals surface area contributed by atoms with Gasteiger partial charge >= 0.3 is 0 Å². The number of primary amides is 1. The molecule has 0 saturated heterocycles. The zero-order valence-electron chi connectivity index (χ0n) is 8.48. The molecule has 0 aliphatic carbocycles. The summed E-state index contributed by atoms with van der Waals surface area (Å²) in [5, 5.41) is 21.0. The van der Waals surface area contributed by atoms with Crippen molar-refractivity contribution in [3.05, 3.63) is 28.8 Å². The first-order valence-electron chi connectivity index (χ1n) is 4.66. The lowest BCUT2D eigenvalue weighted by molar-refractivity contribution is 0.100. The molecule has 88 valence electrons. The minimum absolute atomic E-state index is 0.137. The summed E-state index contributed by atoms with van der Waals surface area (Å²) in [7, 11) is 0. The summed E-state index contributed by atoms with van der Waals surface area (Å²) >= 11 is 5.87. The van der Waals surface area contributed by atoms with E-state index >= 15 is 0 Å². The summed E-state index contributed by atoms with van der Waals surface area (Å²) < 4.78 is 0. The lowest BCUT2D eigenvalue weighted by Gasteiger charge is -2.12. The van der Waals surface area contributed by atoms with Gasteiger partial charge in [0, 0.05) is 12.1 Å². The molecule has 0 aromatic heterocycles. The first-order chi connectivity index (χ1) is 7.54. The molecule has 1 unspecified atom stereocenters. The summed E-state index contributed by atoms with van der Waals surface area (Å²) in [5.41, 5.74) is 5.93. The predicted octanol–water partition coefficient (Wildman–Crippen LogP) is 0.204. The van der Waals surface area contributed by atoms with E-state index in [1.807, 2.05) is 0 Å². The van der Waals surface area contributed by atoms with Crippen molar-refractivity contribution in [1.29, 1.82) is 0 Å². The van der Waals surface area contributed by atoms with Crippen LogP contribution in [0, 0.1) is 0 Å². The Balaban J connectivity index is 2.78. The molecule has 0 radical (unpaired) electrons. The van der Waals surface area contributed by atoms with E-state index < -0.39 is 12.0 Å². The third kappa shape index (κ3) is 3.37.